The van der Waals surface area contributed by atoms with E-state index >= 15 is 0 Å². The Hall–Kier alpha value is -1.06. The van der Waals surface area contributed by atoms with Crippen molar-refractivity contribution in [2.45, 2.75) is 53.0 Å². The number of hydrogen-bond acceptors (Lipinski definition) is 3. The second kappa shape index (κ2) is 6.92. The number of esters is 1. The van der Waals surface area contributed by atoms with Gasteiger partial charge in [0.2, 0.25) is 5.91 Å². The standard InChI is InChI=1S/C15H27NO3/c1-10(2)9-12(11(3)4)14(17)16-8-6-7-13(16)15(18)19-5/h10-13H,6-9H2,1-5H3/t12?,13-/m0/s1. The maximum Gasteiger partial charge on any atom is 0.328 e. The summed E-state index contributed by atoms with van der Waals surface area (Å²) in [5, 5.41) is 0. The molecule has 0 aliphatic carbocycles. The van der Waals surface area contributed by atoms with Gasteiger partial charge in [0.05, 0.1) is 7.11 Å². The minimum Gasteiger partial charge on any atom is -0.467 e. The average Bonchev–Trinajstić information content (AvgIpc) is 2.82. The number of rotatable bonds is 5. The summed E-state index contributed by atoms with van der Waals surface area (Å²) in [6.07, 6.45) is 2.49. The van der Waals surface area contributed by atoms with E-state index in [-0.39, 0.29) is 23.8 Å². The summed E-state index contributed by atoms with van der Waals surface area (Å²) in [4.78, 5) is 26.1. The van der Waals surface area contributed by atoms with Crippen molar-refractivity contribution in [3.05, 3.63) is 0 Å². The van der Waals surface area contributed by atoms with E-state index < -0.39 is 0 Å². The average molecular weight is 269 g/mol. The molecule has 0 N–H and O–H groups in total. The lowest BCUT2D eigenvalue weighted by Crippen LogP contribution is -2.45. The summed E-state index contributed by atoms with van der Waals surface area (Å²) < 4.78 is 4.80. The number of carbonyl (C=O) groups excluding carboxylic acids is 2. The van der Waals surface area contributed by atoms with Crippen molar-refractivity contribution in [1.82, 2.24) is 4.90 Å². The minimum atomic E-state index is -0.370. The molecule has 1 fully saturated rings. The Labute approximate surface area is 116 Å². The van der Waals surface area contributed by atoms with Crippen LogP contribution in [0.3, 0.4) is 0 Å². The van der Waals surface area contributed by atoms with Crippen molar-refractivity contribution >= 4 is 11.9 Å². The summed E-state index contributed by atoms with van der Waals surface area (Å²) in [5.41, 5.74) is 0. The number of ether oxygens (including phenoxy) is 1. The van der Waals surface area contributed by atoms with Crippen LogP contribution in [0.4, 0.5) is 0 Å². The third-order valence-corrected chi connectivity index (χ3v) is 3.86. The van der Waals surface area contributed by atoms with Gasteiger partial charge in [-0.05, 0) is 31.1 Å². The number of nitrogens with zero attached hydrogens (tertiary/aromatic N) is 1. The van der Waals surface area contributed by atoms with Crippen LogP contribution in [0.25, 0.3) is 0 Å². The molecule has 0 aromatic rings. The molecule has 0 aromatic heterocycles. The van der Waals surface area contributed by atoms with E-state index in [0.717, 1.165) is 19.3 Å². The van der Waals surface area contributed by atoms with Gasteiger partial charge in [0.15, 0.2) is 0 Å². The minimum absolute atomic E-state index is 0.00487. The Morgan fingerprint density at radius 2 is 1.89 bits per heavy atom. The van der Waals surface area contributed by atoms with Crippen LogP contribution in [-0.2, 0) is 14.3 Å². The molecule has 4 heteroatoms. The van der Waals surface area contributed by atoms with Gasteiger partial charge in [-0.2, -0.15) is 0 Å². The van der Waals surface area contributed by atoms with Crippen molar-refractivity contribution in [2.75, 3.05) is 13.7 Å². The van der Waals surface area contributed by atoms with Gasteiger partial charge in [-0.15, -0.1) is 0 Å². The Morgan fingerprint density at radius 3 is 2.37 bits per heavy atom. The molecule has 0 spiro atoms. The molecule has 1 amide bonds. The van der Waals surface area contributed by atoms with E-state index in [1.807, 2.05) is 0 Å². The lowest BCUT2D eigenvalue weighted by atomic mass is 9.86. The predicted octanol–water partition coefficient (Wildman–Crippen LogP) is 2.47. The molecule has 0 aromatic carbocycles. The Balaban J connectivity index is 2.80. The molecule has 1 unspecified atom stereocenters. The topological polar surface area (TPSA) is 46.6 Å². The highest BCUT2D eigenvalue weighted by molar-refractivity contribution is 5.86. The summed E-state index contributed by atoms with van der Waals surface area (Å²) >= 11 is 0. The quantitative estimate of drug-likeness (QED) is 0.720. The zero-order valence-electron chi connectivity index (χ0n) is 12.8. The zero-order chi connectivity index (χ0) is 14.6. The third-order valence-electron chi connectivity index (χ3n) is 3.86. The fourth-order valence-corrected chi connectivity index (χ4v) is 2.79. The van der Waals surface area contributed by atoms with Crippen molar-refractivity contribution in [3.8, 4) is 0 Å². The molecule has 1 heterocycles. The van der Waals surface area contributed by atoms with Gasteiger partial charge in [-0.25, -0.2) is 4.79 Å². The predicted molar refractivity (Wildman–Crippen MR) is 74.5 cm³/mol. The molecule has 4 nitrogen and oxygen atoms in total. The van der Waals surface area contributed by atoms with Gasteiger partial charge in [0, 0.05) is 12.5 Å². The monoisotopic (exact) mass is 269 g/mol. The second-order valence-corrected chi connectivity index (χ2v) is 6.19. The van der Waals surface area contributed by atoms with E-state index in [1.165, 1.54) is 7.11 Å². The second-order valence-electron chi connectivity index (χ2n) is 6.19. The van der Waals surface area contributed by atoms with Crippen molar-refractivity contribution in [1.29, 1.82) is 0 Å². The fourth-order valence-electron chi connectivity index (χ4n) is 2.79. The Bertz CT molecular complexity index is 325. The van der Waals surface area contributed by atoms with Crippen LogP contribution in [0.2, 0.25) is 0 Å². The van der Waals surface area contributed by atoms with Gasteiger partial charge in [-0.3, -0.25) is 4.79 Å². The van der Waals surface area contributed by atoms with E-state index in [2.05, 4.69) is 27.7 Å². The van der Waals surface area contributed by atoms with Crippen molar-refractivity contribution < 1.29 is 14.3 Å². The first-order valence-electron chi connectivity index (χ1n) is 7.26. The van der Waals surface area contributed by atoms with Gasteiger partial charge in [0.1, 0.15) is 6.04 Å². The first-order valence-corrected chi connectivity index (χ1v) is 7.26. The molecule has 1 rings (SSSR count). The number of methoxy groups -OCH3 is 1. The Kier molecular flexibility index (Phi) is 5.83. The first-order chi connectivity index (χ1) is 8.88. The highest BCUT2D eigenvalue weighted by Crippen LogP contribution is 2.27. The normalized spacial score (nSPS) is 21.0. The van der Waals surface area contributed by atoms with Crippen LogP contribution >= 0.6 is 0 Å². The number of hydrogen-bond donors (Lipinski definition) is 0. The van der Waals surface area contributed by atoms with E-state index in [4.69, 9.17) is 4.74 Å². The van der Waals surface area contributed by atoms with Crippen LogP contribution in [0.15, 0.2) is 0 Å². The smallest absolute Gasteiger partial charge is 0.328 e. The van der Waals surface area contributed by atoms with Crippen LogP contribution < -0.4 is 0 Å². The molecule has 0 radical (unpaired) electrons. The van der Waals surface area contributed by atoms with Gasteiger partial charge in [0.25, 0.3) is 0 Å². The SMILES string of the molecule is COC(=O)[C@@H]1CCCN1C(=O)C(CC(C)C)C(C)C. The summed E-state index contributed by atoms with van der Waals surface area (Å²) in [6.45, 7) is 9.09. The molecule has 1 aliphatic heterocycles. The number of amides is 1. The lowest BCUT2D eigenvalue weighted by molar-refractivity contribution is -0.153. The molecule has 0 saturated carbocycles. The van der Waals surface area contributed by atoms with Crippen molar-refractivity contribution in [3.63, 3.8) is 0 Å². The third kappa shape index (κ3) is 3.95. The van der Waals surface area contributed by atoms with Crippen LogP contribution in [-0.4, -0.2) is 36.5 Å². The Morgan fingerprint density at radius 1 is 1.26 bits per heavy atom. The molecule has 1 aliphatic rings. The maximum atomic E-state index is 12.7. The molecule has 0 bridgehead atoms. The van der Waals surface area contributed by atoms with Crippen LogP contribution in [0, 0.1) is 17.8 Å². The van der Waals surface area contributed by atoms with E-state index in [9.17, 15) is 9.59 Å². The lowest BCUT2D eigenvalue weighted by Gasteiger charge is -2.30. The molecular formula is C15H27NO3. The van der Waals surface area contributed by atoms with E-state index in [1.54, 1.807) is 4.90 Å². The summed E-state index contributed by atoms with van der Waals surface area (Å²) in [5.74, 6) is 0.629. The van der Waals surface area contributed by atoms with Crippen LogP contribution in [0.5, 0.6) is 0 Å². The molecule has 110 valence electrons. The van der Waals surface area contributed by atoms with Gasteiger partial charge in [-0.1, -0.05) is 27.7 Å². The maximum absolute atomic E-state index is 12.7. The number of carbonyl (C=O) groups is 2. The van der Waals surface area contributed by atoms with Crippen molar-refractivity contribution in [2.24, 2.45) is 17.8 Å². The largest absolute Gasteiger partial charge is 0.467 e. The molecule has 19 heavy (non-hydrogen) atoms. The number of likely N-dealkylation sites (tertiary alicyclic amines) is 1. The van der Waals surface area contributed by atoms with Crippen LogP contribution in [0.1, 0.15) is 47.0 Å². The summed E-state index contributed by atoms with van der Waals surface area (Å²) in [6, 6.07) is -0.370. The molecule has 2 atom stereocenters. The summed E-state index contributed by atoms with van der Waals surface area (Å²) in [7, 11) is 1.39. The zero-order valence-corrected chi connectivity index (χ0v) is 12.8. The highest BCUT2D eigenvalue weighted by atomic mass is 16.5. The fraction of sp³-hybridized carbons (Fsp3) is 0.867. The molecular weight excluding hydrogens is 242 g/mol. The highest BCUT2D eigenvalue weighted by Gasteiger charge is 2.38. The molecule has 1 saturated heterocycles. The first kappa shape index (κ1) is 16.0. The van der Waals surface area contributed by atoms with Gasteiger partial charge >= 0.3 is 5.97 Å². The van der Waals surface area contributed by atoms with E-state index in [0.29, 0.717) is 18.4 Å². The van der Waals surface area contributed by atoms with Gasteiger partial charge < -0.3 is 9.64 Å².